The van der Waals surface area contributed by atoms with Gasteiger partial charge in [-0.25, -0.2) is 4.99 Å². The molecule has 0 aromatic heterocycles. The van der Waals surface area contributed by atoms with E-state index >= 15 is 0 Å². The molecular weight excluding hydrogens is 428 g/mol. The summed E-state index contributed by atoms with van der Waals surface area (Å²) in [6.45, 7) is 5.61. The highest BCUT2D eigenvalue weighted by molar-refractivity contribution is 6.06. The highest BCUT2D eigenvalue weighted by Crippen LogP contribution is 2.31. The number of ether oxygens (including phenoxy) is 2. The van der Waals surface area contributed by atoms with Crippen molar-refractivity contribution in [2.45, 2.75) is 45.1 Å². The Hall–Kier alpha value is -3.06. The van der Waals surface area contributed by atoms with E-state index in [1.165, 1.54) is 32.1 Å². The molecule has 0 radical (unpaired) electrons. The zero-order valence-electron chi connectivity index (χ0n) is 20.5. The summed E-state index contributed by atoms with van der Waals surface area (Å²) in [5.74, 6) is 1.67. The van der Waals surface area contributed by atoms with E-state index in [0.29, 0.717) is 34.8 Å². The van der Waals surface area contributed by atoms with Crippen molar-refractivity contribution < 1.29 is 14.3 Å². The van der Waals surface area contributed by atoms with Gasteiger partial charge in [0.25, 0.3) is 5.91 Å². The molecule has 1 saturated carbocycles. The normalized spacial score (nSPS) is 18.0. The van der Waals surface area contributed by atoms with E-state index in [2.05, 4.69) is 15.1 Å². The molecule has 182 valence electrons. The van der Waals surface area contributed by atoms with Crippen molar-refractivity contribution in [3.8, 4) is 11.5 Å². The van der Waals surface area contributed by atoms with Crippen molar-refractivity contribution in [2.24, 2.45) is 4.99 Å². The summed E-state index contributed by atoms with van der Waals surface area (Å²) < 4.78 is 10.8. The number of methoxy groups -OCH3 is 2. The van der Waals surface area contributed by atoms with Crippen molar-refractivity contribution in [3.63, 3.8) is 0 Å². The first-order valence-electron chi connectivity index (χ1n) is 12.2. The number of carbonyl (C=O) groups excluding carboxylic acids is 1. The number of guanidine groups is 1. The highest BCUT2D eigenvalue weighted by atomic mass is 16.5. The summed E-state index contributed by atoms with van der Waals surface area (Å²) in [4.78, 5) is 22.8. The number of aryl methyl sites for hydroxylation is 1. The Kier molecular flexibility index (Phi) is 8.06. The lowest BCUT2D eigenvalue weighted by Gasteiger charge is -2.41. The van der Waals surface area contributed by atoms with Crippen LogP contribution in [0, 0.1) is 6.92 Å². The van der Waals surface area contributed by atoms with Gasteiger partial charge in [-0.3, -0.25) is 15.0 Å². The Labute approximate surface area is 202 Å². The molecule has 0 unspecified atom stereocenters. The second-order valence-corrected chi connectivity index (χ2v) is 9.11. The van der Waals surface area contributed by atoms with Crippen molar-refractivity contribution in [1.29, 1.82) is 0 Å². The van der Waals surface area contributed by atoms with Gasteiger partial charge in [0.05, 0.1) is 19.9 Å². The maximum Gasteiger partial charge on any atom is 0.257 e. The largest absolute Gasteiger partial charge is 0.493 e. The lowest BCUT2D eigenvalue weighted by Crippen LogP contribution is -2.55. The number of benzene rings is 2. The molecule has 1 amide bonds. The average molecular weight is 465 g/mol. The van der Waals surface area contributed by atoms with Gasteiger partial charge in [0.2, 0.25) is 5.96 Å². The van der Waals surface area contributed by atoms with Crippen LogP contribution in [0.4, 0.5) is 5.69 Å². The molecule has 2 fully saturated rings. The molecule has 34 heavy (non-hydrogen) atoms. The summed E-state index contributed by atoms with van der Waals surface area (Å²) in [6, 6.07) is 13.8. The number of carbonyl (C=O) groups is 1. The fourth-order valence-electron chi connectivity index (χ4n) is 4.90. The standard InChI is InChI=1S/C27H36N4O3/c1-20-8-7-9-21(18-20)26(32)29-27(28-22-12-13-24(33-2)25(19-22)34-3)31-16-14-30(15-17-31)23-10-5-4-6-11-23/h7-9,12-13,18-19,23H,4-6,10-11,14-17H2,1-3H3,(H,28,29,32). The van der Waals surface area contributed by atoms with Crippen molar-refractivity contribution in [2.75, 3.05) is 40.4 Å². The number of rotatable bonds is 5. The number of aliphatic imine (C=N–C) groups is 1. The fraction of sp³-hybridized carbons (Fsp3) is 0.481. The van der Waals surface area contributed by atoms with E-state index in [-0.39, 0.29) is 5.91 Å². The first-order chi connectivity index (χ1) is 16.6. The molecule has 2 aromatic rings. The predicted octanol–water partition coefficient (Wildman–Crippen LogP) is 4.38. The summed E-state index contributed by atoms with van der Waals surface area (Å²) in [6.07, 6.45) is 6.64. The summed E-state index contributed by atoms with van der Waals surface area (Å²) in [5, 5.41) is 3.09. The van der Waals surface area contributed by atoms with Crippen LogP contribution in [-0.2, 0) is 0 Å². The minimum atomic E-state index is -0.155. The zero-order valence-corrected chi connectivity index (χ0v) is 20.5. The van der Waals surface area contributed by atoms with Crippen molar-refractivity contribution >= 4 is 17.6 Å². The second kappa shape index (κ2) is 11.4. The molecule has 1 saturated heterocycles. The number of nitrogens with one attached hydrogen (secondary N) is 1. The van der Waals surface area contributed by atoms with E-state index in [0.717, 1.165) is 31.7 Å². The van der Waals surface area contributed by atoms with E-state index in [1.807, 2.05) is 49.4 Å². The first kappa shape index (κ1) is 24.1. The van der Waals surface area contributed by atoms with Gasteiger partial charge in [0, 0.05) is 43.9 Å². The van der Waals surface area contributed by atoms with Gasteiger partial charge >= 0.3 is 0 Å². The van der Waals surface area contributed by atoms with Crippen LogP contribution in [0.3, 0.4) is 0 Å². The number of piperazine rings is 1. The van der Waals surface area contributed by atoms with Crippen LogP contribution in [0.1, 0.15) is 48.0 Å². The van der Waals surface area contributed by atoms with Crippen LogP contribution < -0.4 is 14.8 Å². The predicted molar refractivity (Wildman–Crippen MR) is 135 cm³/mol. The average Bonchev–Trinajstić information content (AvgIpc) is 2.88. The van der Waals surface area contributed by atoms with Gasteiger partial charge in [-0.2, -0.15) is 0 Å². The molecular formula is C27H36N4O3. The Balaban J connectivity index is 1.55. The lowest BCUT2D eigenvalue weighted by atomic mass is 9.94. The maximum atomic E-state index is 13.1. The van der Waals surface area contributed by atoms with Crippen molar-refractivity contribution in [3.05, 3.63) is 53.6 Å². The minimum Gasteiger partial charge on any atom is -0.493 e. The summed E-state index contributed by atoms with van der Waals surface area (Å²) in [5.41, 5.74) is 2.37. The molecule has 0 spiro atoms. The first-order valence-corrected chi connectivity index (χ1v) is 12.2. The van der Waals surface area contributed by atoms with Crippen LogP contribution in [0.15, 0.2) is 47.5 Å². The van der Waals surface area contributed by atoms with Crippen LogP contribution in [0.2, 0.25) is 0 Å². The van der Waals surface area contributed by atoms with E-state index in [4.69, 9.17) is 14.5 Å². The van der Waals surface area contributed by atoms with Gasteiger partial charge in [0.1, 0.15) is 0 Å². The van der Waals surface area contributed by atoms with Crippen LogP contribution in [0.25, 0.3) is 0 Å². The zero-order chi connectivity index (χ0) is 23.9. The lowest BCUT2D eigenvalue weighted by molar-refractivity contribution is 0.0943. The smallest absolute Gasteiger partial charge is 0.257 e. The van der Waals surface area contributed by atoms with Gasteiger partial charge in [-0.1, -0.05) is 37.0 Å². The number of hydrogen-bond acceptors (Lipinski definition) is 5. The molecule has 0 atom stereocenters. The molecule has 7 heteroatoms. The maximum absolute atomic E-state index is 13.1. The van der Waals surface area contributed by atoms with Crippen LogP contribution in [-0.4, -0.2) is 68.1 Å². The molecule has 7 nitrogen and oxygen atoms in total. The van der Waals surface area contributed by atoms with Gasteiger partial charge in [-0.05, 0) is 44.0 Å². The van der Waals surface area contributed by atoms with Gasteiger partial charge in [-0.15, -0.1) is 0 Å². The molecule has 1 aliphatic carbocycles. The molecule has 1 N–H and O–H groups in total. The van der Waals surface area contributed by atoms with Crippen LogP contribution >= 0.6 is 0 Å². The van der Waals surface area contributed by atoms with Crippen LogP contribution in [0.5, 0.6) is 11.5 Å². The third kappa shape index (κ3) is 5.89. The summed E-state index contributed by atoms with van der Waals surface area (Å²) >= 11 is 0. The van der Waals surface area contributed by atoms with Crippen molar-refractivity contribution in [1.82, 2.24) is 15.1 Å². The fourth-order valence-corrected chi connectivity index (χ4v) is 4.90. The topological polar surface area (TPSA) is 66.4 Å². The van der Waals surface area contributed by atoms with Gasteiger partial charge < -0.3 is 14.4 Å². The van der Waals surface area contributed by atoms with Gasteiger partial charge in [0.15, 0.2) is 11.5 Å². The monoisotopic (exact) mass is 464 g/mol. The van der Waals surface area contributed by atoms with E-state index in [1.54, 1.807) is 14.2 Å². The molecule has 0 bridgehead atoms. The number of nitrogens with zero attached hydrogens (tertiary/aromatic N) is 3. The molecule has 4 rings (SSSR count). The molecule has 2 aliphatic rings. The molecule has 1 aliphatic heterocycles. The summed E-state index contributed by atoms with van der Waals surface area (Å²) in [7, 11) is 3.22. The molecule has 1 heterocycles. The van der Waals surface area contributed by atoms with E-state index < -0.39 is 0 Å². The Bertz CT molecular complexity index is 1010. The Morgan fingerprint density at radius 2 is 1.68 bits per heavy atom. The quantitative estimate of drug-likeness (QED) is 0.525. The number of hydrogen-bond donors (Lipinski definition) is 1. The van der Waals surface area contributed by atoms with E-state index in [9.17, 15) is 4.79 Å². The Morgan fingerprint density at radius 3 is 2.35 bits per heavy atom. The third-order valence-corrected chi connectivity index (χ3v) is 6.81. The number of amides is 1. The Morgan fingerprint density at radius 1 is 0.941 bits per heavy atom. The second-order valence-electron chi connectivity index (χ2n) is 9.11. The SMILES string of the molecule is COc1ccc(N=C(NC(=O)c2cccc(C)c2)N2CCN(C3CCCCC3)CC2)cc1OC. The third-order valence-electron chi connectivity index (χ3n) is 6.81. The highest BCUT2D eigenvalue weighted by Gasteiger charge is 2.27. The minimum absolute atomic E-state index is 0.155. The molecule has 2 aromatic carbocycles.